The van der Waals surface area contributed by atoms with Gasteiger partial charge in [0.1, 0.15) is 0 Å². The van der Waals surface area contributed by atoms with Crippen LogP contribution < -0.4 is 0 Å². The van der Waals surface area contributed by atoms with Crippen molar-refractivity contribution >= 4 is 0 Å². The third-order valence-electron chi connectivity index (χ3n) is 7.07. The first-order valence-electron chi connectivity index (χ1n) is 13.4. The minimum Gasteiger partial charge on any atom is -0.204 e. The van der Waals surface area contributed by atoms with Crippen molar-refractivity contribution in [3.05, 3.63) is 35.0 Å². The molecule has 0 aromatic carbocycles. The van der Waals surface area contributed by atoms with E-state index < -0.39 is 11.7 Å². The standard InChI is InChI=1S/C21H34F2.C9H20/c1-7-15(4)9-11-17(6)19-13-12-18(20(22)21(19)23)16(5)10-8-14(2)3;1-5-9(4)7-6-8(2)3/h8,10,14-17H,7,9,11-13H2,1-6H3;8-9H,5-7H2,1-4H3/b10-8-;. The quantitative estimate of drug-likeness (QED) is 0.258. The summed E-state index contributed by atoms with van der Waals surface area (Å²) >= 11 is 0. The Hall–Kier alpha value is -0.920. The molecule has 4 unspecified atom stereocenters. The SMILES string of the molecule is CCC(C)CCC(C)C.CCC(C)CCC(C)C1=C(F)C(F)=C(C(C)/C=C\C(C)C)CC1. The summed E-state index contributed by atoms with van der Waals surface area (Å²) in [5, 5.41) is 0. The third kappa shape index (κ3) is 12.4. The molecule has 0 nitrogen and oxygen atoms in total. The number of allylic oxidation sites excluding steroid dienone is 6. The molecule has 0 saturated carbocycles. The molecular weight excluding hydrogens is 398 g/mol. The van der Waals surface area contributed by atoms with E-state index in [9.17, 15) is 8.78 Å². The van der Waals surface area contributed by atoms with Crippen molar-refractivity contribution in [3.8, 4) is 0 Å². The Morgan fingerprint density at radius 3 is 1.59 bits per heavy atom. The van der Waals surface area contributed by atoms with Gasteiger partial charge < -0.3 is 0 Å². The molecule has 1 aliphatic rings. The van der Waals surface area contributed by atoms with E-state index in [2.05, 4.69) is 61.5 Å². The zero-order valence-corrected chi connectivity index (χ0v) is 23.0. The Kier molecular flexibility index (Phi) is 16.2. The van der Waals surface area contributed by atoms with Gasteiger partial charge in [-0.2, -0.15) is 0 Å². The lowest BCUT2D eigenvalue weighted by Crippen LogP contribution is -2.12. The second-order valence-corrected chi connectivity index (χ2v) is 11.1. The second kappa shape index (κ2) is 16.7. The number of hydrogen-bond acceptors (Lipinski definition) is 0. The topological polar surface area (TPSA) is 0 Å². The van der Waals surface area contributed by atoms with E-state index in [1.54, 1.807) is 0 Å². The van der Waals surface area contributed by atoms with E-state index in [0.29, 0.717) is 35.8 Å². The molecule has 0 aromatic heterocycles. The zero-order valence-electron chi connectivity index (χ0n) is 23.0. The molecule has 0 fully saturated rings. The van der Waals surface area contributed by atoms with Gasteiger partial charge >= 0.3 is 0 Å². The number of rotatable bonds is 12. The summed E-state index contributed by atoms with van der Waals surface area (Å²) in [6, 6.07) is 0. The molecule has 0 bridgehead atoms. The maximum atomic E-state index is 14.5. The van der Waals surface area contributed by atoms with Crippen LogP contribution in [0.4, 0.5) is 8.78 Å². The molecule has 2 heteroatoms. The van der Waals surface area contributed by atoms with Crippen LogP contribution in [0.25, 0.3) is 0 Å². The smallest absolute Gasteiger partial charge is 0.158 e. The highest BCUT2D eigenvalue weighted by atomic mass is 19.2. The monoisotopic (exact) mass is 452 g/mol. The van der Waals surface area contributed by atoms with Crippen LogP contribution in [0.5, 0.6) is 0 Å². The van der Waals surface area contributed by atoms with Gasteiger partial charge in [0.05, 0.1) is 0 Å². The van der Waals surface area contributed by atoms with Gasteiger partial charge in [-0.25, -0.2) is 8.78 Å². The highest BCUT2D eigenvalue weighted by molar-refractivity contribution is 5.37. The Balaban J connectivity index is 0.000000900. The predicted molar refractivity (Wildman–Crippen MR) is 140 cm³/mol. The fourth-order valence-corrected chi connectivity index (χ4v) is 3.90. The van der Waals surface area contributed by atoms with E-state index in [-0.39, 0.29) is 11.8 Å². The molecule has 0 spiro atoms. The lowest BCUT2D eigenvalue weighted by atomic mass is 9.82. The molecule has 1 rings (SSSR count). The summed E-state index contributed by atoms with van der Waals surface area (Å²) in [5.74, 6) is 1.85. The minimum atomic E-state index is -0.595. The van der Waals surface area contributed by atoms with Crippen molar-refractivity contribution in [1.82, 2.24) is 0 Å². The van der Waals surface area contributed by atoms with E-state index in [0.717, 1.165) is 31.1 Å². The summed E-state index contributed by atoms with van der Waals surface area (Å²) in [4.78, 5) is 0. The van der Waals surface area contributed by atoms with Gasteiger partial charge in [-0.05, 0) is 65.9 Å². The second-order valence-electron chi connectivity index (χ2n) is 11.1. The molecule has 1 aliphatic carbocycles. The van der Waals surface area contributed by atoms with Crippen LogP contribution in [0.3, 0.4) is 0 Å². The molecular formula is C30H54F2. The Bertz CT molecular complexity index is 594. The van der Waals surface area contributed by atoms with Crippen molar-refractivity contribution in [1.29, 1.82) is 0 Å². The Labute approximate surface area is 200 Å². The van der Waals surface area contributed by atoms with E-state index in [1.807, 2.05) is 19.9 Å². The molecule has 0 radical (unpaired) electrons. The molecule has 0 aliphatic heterocycles. The molecule has 0 heterocycles. The molecule has 0 amide bonds. The Morgan fingerprint density at radius 1 is 0.656 bits per heavy atom. The summed E-state index contributed by atoms with van der Waals surface area (Å²) in [5.41, 5.74) is 1.31. The van der Waals surface area contributed by atoms with Crippen LogP contribution in [0.15, 0.2) is 35.0 Å². The molecule has 4 atom stereocenters. The van der Waals surface area contributed by atoms with Crippen LogP contribution >= 0.6 is 0 Å². The fraction of sp³-hybridized carbons (Fsp3) is 0.800. The van der Waals surface area contributed by atoms with Gasteiger partial charge in [0.2, 0.25) is 0 Å². The zero-order chi connectivity index (χ0) is 24.8. The number of hydrogen-bond donors (Lipinski definition) is 0. The summed E-state index contributed by atoms with van der Waals surface area (Å²) in [6.45, 7) is 21.8. The number of halogens is 2. The fourth-order valence-electron chi connectivity index (χ4n) is 3.90. The third-order valence-corrected chi connectivity index (χ3v) is 7.07. The lowest BCUT2D eigenvalue weighted by Gasteiger charge is -2.25. The summed E-state index contributed by atoms with van der Waals surface area (Å²) in [6.07, 6.45) is 12.7. The highest BCUT2D eigenvalue weighted by Crippen LogP contribution is 2.40. The van der Waals surface area contributed by atoms with Gasteiger partial charge in [-0.3, -0.25) is 0 Å². The van der Waals surface area contributed by atoms with Crippen molar-refractivity contribution in [2.75, 3.05) is 0 Å². The van der Waals surface area contributed by atoms with Crippen LogP contribution in [0.1, 0.15) is 121 Å². The molecule has 0 saturated heterocycles. The van der Waals surface area contributed by atoms with Crippen LogP contribution in [0.2, 0.25) is 0 Å². The average Bonchev–Trinajstić information content (AvgIpc) is 2.75. The van der Waals surface area contributed by atoms with Gasteiger partial charge in [0, 0.05) is 0 Å². The van der Waals surface area contributed by atoms with E-state index in [1.165, 1.54) is 19.3 Å². The van der Waals surface area contributed by atoms with Crippen molar-refractivity contribution in [2.24, 2.45) is 35.5 Å². The first-order chi connectivity index (χ1) is 14.9. The van der Waals surface area contributed by atoms with Crippen LogP contribution in [0, 0.1) is 35.5 Å². The normalized spacial score (nSPS) is 18.8. The van der Waals surface area contributed by atoms with Gasteiger partial charge in [0.25, 0.3) is 0 Å². The van der Waals surface area contributed by atoms with Crippen LogP contribution in [-0.4, -0.2) is 0 Å². The minimum absolute atomic E-state index is 0.0277. The Morgan fingerprint density at radius 2 is 1.12 bits per heavy atom. The average molecular weight is 453 g/mol. The summed E-state index contributed by atoms with van der Waals surface area (Å²) < 4.78 is 29.0. The highest BCUT2D eigenvalue weighted by Gasteiger charge is 2.27. The van der Waals surface area contributed by atoms with Crippen molar-refractivity contribution in [3.63, 3.8) is 0 Å². The maximum Gasteiger partial charge on any atom is 0.158 e. The maximum absolute atomic E-state index is 14.5. The largest absolute Gasteiger partial charge is 0.204 e. The molecule has 0 N–H and O–H groups in total. The van der Waals surface area contributed by atoms with Gasteiger partial charge in [-0.1, -0.05) is 113 Å². The first kappa shape index (κ1) is 31.1. The van der Waals surface area contributed by atoms with E-state index in [4.69, 9.17) is 0 Å². The first-order valence-corrected chi connectivity index (χ1v) is 13.4. The predicted octanol–water partition coefficient (Wildman–Crippen LogP) is 11.0. The van der Waals surface area contributed by atoms with Gasteiger partial charge in [0.15, 0.2) is 11.7 Å². The van der Waals surface area contributed by atoms with Crippen molar-refractivity contribution in [2.45, 2.75) is 121 Å². The van der Waals surface area contributed by atoms with Crippen LogP contribution in [-0.2, 0) is 0 Å². The molecule has 188 valence electrons. The molecule has 0 aromatic rings. The van der Waals surface area contributed by atoms with E-state index >= 15 is 0 Å². The van der Waals surface area contributed by atoms with Crippen molar-refractivity contribution < 1.29 is 8.78 Å². The molecule has 32 heavy (non-hydrogen) atoms. The lowest BCUT2D eigenvalue weighted by molar-refractivity contribution is 0.421. The van der Waals surface area contributed by atoms with Gasteiger partial charge in [-0.15, -0.1) is 0 Å². The summed E-state index contributed by atoms with van der Waals surface area (Å²) in [7, 11) is 0.